The summed E-state index contributed by atoms with van der Waals surface area (Å²) in [5.41, 5.74) is 1.91. The highest BCUT2D eigenvalue weighted by Crippen LogP contribution is 2.12. The smallest absolute Gasteiger partial charge is 0.213 e. The zero-order valence-electron chi connectivity index (χ0n) is 8.66. The van der Waals surface area contributed by atoms with Gasteiger partial charge in [-0.3, -0.25) is 5.41 Å². The van der Waals surface area contributed by atoms with Crippen LogP contribution in [0.4, 0.5) is 0 Å². The van der Waals surface area contributed by atoms with Crippen molar-refractivity contribution in [2.45, 2.75) is 20.1 Å². The van der Waals surface area contributed by atoms with Gasteiger partial charge in [0.05, 0.1) is 19.8 Å². The topological polar surface area (TPSA) is 73.5 Å². The molecular formula is C11H15NO3. The van der Waals surface area contributed by atoms with Gasteiger partial charge in [-0.1, -0.05) is 6.07 Å². The van der Waals surface area contributed by atoms with Crippen LogP contribution in [0.2, 0.25) is 0 Å². The summed E-state index contributed by atoms with van der Waals surface area (Å²) in [5.74, 6) is 0.0579. The van der Waals surface area contributed by atoms with Crippen molar-refractivity contribution in [3.63, 3.8) is 0 Å². The Morgan fingerprint density at radius 1 is 1.20 bits per heavy atom. The maximum Gasteiger partial charge on any atom is 0.213 e. The summed E-state index contributed by atoms with van der Waals surface area (Å²) in [6, 6.07) is 5.05. The average molecular weight is 209 g/mol. The molecule has 0 aliphatic carbocycles. The number of aliphatic hydroxyl groups is 2. The number of hydrogen-bond acceptors (Lipinski definition) is 4. The Kier molecular flexibility index (Phi) is 4.27. The summed E-state index contributed by atoms with van der Waals surface area (Å²) in [6.45, 7) is 2.01. The van der Waals surface area contributed by atoms with E-state index in [2.05, 4.69) is 0 Å². The van der Waals surface area contributed by atoms with E-state index in [9.17, 15) is 0 Å². The van der Waals surface area contributed by atoms with Gasteiger partial charge in [-0.15, -0.1) is 0 Å². The minimum Gasteiger partial charge on any atom is -0.478 e. The first-order valence-electron chi connectivity index (χ1n) is 4.77. The lowest BCUT2D eigenvalue weighted by Gasteiger charge is -2.08. The van der Waals surface area contributed by atoms with E-state index in [0.717, 1.165) is 0 Å². The standard InChI is InChI=1S/C11H15NO3/c1-2-15-11(12)10-4-8(6-13)3-9(5-10)7-14/h3-5,12-14H,2,6-7H2,1H3. The molecule has 4 nitrogen and oxygen atoms in total. The fraction of sp³-hybridized carbons (Fsp3) is 0.364. The molecular weight excluding hydrogens is 194 g/mol. The summed E-state index contributed by atoms with van der Waals surface area (Å²) in [7, 11) is 0. The molecule has 3 N–H and O–H groups in total. The molecule has 0 heterocycles. The van der Waals surface area contributed by atoms with E-state index in [4.69, 9.17) is 20.4 Å². The third-order valence-electron chi connectivity index (χ3n) is 1.97. The highest BCUT2D eigenvalue weighted by atomic mass is 16.5. The van der Waals surface area contributed by atoms with Crippen molar-refractivity contribution in [3.05, 3.63) is 34.9 Å². The van der Waals surface area contributed by atoms with Gasteiger partial charge in [-0.05, 0) is 30.2 Å². The highest BCUT2D eigenvalue weighted by molar-refractivity contribution is 5.92. The summed E-state index contributed by atoms with van der Waals surface area (Å²) < 4.78 is 5.05. The number of aliphatic hydroxyl groups excluding tert-OH is 2. The molecule has 0 unspecified atom stereocenters. The quantitative estimate of drug-likeness (QED) is 0.512. The molecule has 82 valence electrons. The van der Waals surface area contributed by atoms with Crippen molar-refractivity contribution in [2.24, 2.45) is 0 Å². The first-order chi connectivity index (χ1) is 7.21. The Bertz CT molecular complexity index is 327. The van der Waals surface area contributed by atoms with E-state index < -0.39 is 0 Å². The molecule has 0 saturated heterocycles. The van der Waals surface area contributed by atoms with Gasteiger partial charge in [-0.25, -0.2) is 0 Å². The van der Waals surface area contributed by atoms with Crippen molar-refractivity contribution in [2.75, 3.05) is 6.61 Å². The van der Waals surface area contributed by atoms with Crippen molar-refractivity contribution in [1.82, 2.24) is 0 Å². The van der Waals surface area contributed by atoms with Crippen LogP contribution in [0, 0.1) is 5.41 Å². The fourth-order valence-electron chi connectivity index (χ4n) is 1.30. The van der Waals surface area contributed by atoms with E-state index in [0.29, 0.717) is 23.3 Å². The van der Waals surface area contributed by atoms with Crippen LogP contribution in [0.3, 0.4) is 0 Å². The summed E-state index contributed by atoms with van der Waals surface area (Å²) in [4.78, 5) is 0. The second-order valence-corrected chi connectivity index (χ2v) is 3.12. The molecule has 15 heavy (non-hydrogen) atoms. The number of benzene rings is 1. The van der Waals surface area contributed by atoms with Crippen molar-refractivity contribution >= 4 is 5.90 Å². The van der Waals surface area contributed by atoms with Crippen molar-refractivity contribution < 1.29 is 14.9 Å². The second kappa shape index (κ2) is 5.48. The molecule has 0 atom stereocenters. The monoisotopic (exact) mass is 209 g/mol. The zero-order valence-corrected chi connectivity index (χ0v) is 8.66. The molecule has 0 radical (unpaired) electrons. The second-order valence-electron chi connectivity index (χ2n) is 3.12. The Hall–Kier alpha value is -1.39. The Labute approximate surface area is 88.6 Å². The molecule has 0 spiro atoms. The zero-order chi connectivity index (χ0) is 11.3. The van der Waals surface area contributed by atoms with Gasteiger partial charge < -0.3 is 14.9 Å². The summed E-state index contributed by atoms with van der Waals surface area (Å²) in [6.07, 6.45) is 0. The maximum absolute atomic E-state index is 9.00. The molecule has 0 aliphatic rings. The van der Waals surface area contributed by atoms with Gasteiger partial charge in [0.2, 0.25) is 5.90 Å². The largest absolute Gasteiger partial charge is 0.478 e. The van der Waals surface area contributed by atoms with Crippen molar-refractivity contribution in [1.29, 1.82) is 5.41 Å². The summed E-state index contributed by atoms with van der Waals surface area (Å²) >= 11 is 0. The van der Waals surface area contributed by atoms with Gasteiger partial charge in [0.15, 0.2) is 0 Å². The molecule has 0 bridgehead atoms. The first-order valence-corrected chi connectivity index (χ1v) is 4.77. The molecule has 1 aromatic rings. The van der Waals surface area contributed by atoms with Gasteiger partial charge in [0, 0.05) is 5.56 Å². The molecule has 4 heteroatoms. The van der Waals surface area contributed by atoms with Gasteiger partial charge in [0.1, 0.15) is 0 Å². The van der Waals surface area contributed by atoms with Crippen LogP contribution in [-0.2, 0) is 18.0 Å². The van der Waals surface area contributed by atoms with E-state index in [1.54, 1.807) is 25.1 Å². The van der Waals surface area contributed by atoms with E-state index in [1.165, 1.54) is 0 Å². The Morgan fingerprint density at radius 2 is 1.73 bits per heavy atom. The minimum absolute atomic E-state index is 0.0579. The molecule has 0 aromatic heterocycles. The lowest BCUT2D eigenvalue weighted by atomic mass is 10.1. The van der Waals surface area contributed by atoms with E-state index in [-0.39, 0.29) is 19.1 Å². The lowest BCUT2D eigenvalue weighted by molar-refractivity contribution is 0.275. The predicted molar refractivity (Wildman–Crippen MR) is 56.7 cm³/mol. The normalized spacial score (nSPS) is 10.1. The van der Waals surface area contributed by atoms with E-state index >= 15 is 0 Å². The minimum atomic E-state index is -0.111. The van der Waals surface area contributed by atoms with Crippen LogP contribution in [0.15, 0.2) is 18.2 Å². The highest BCUT2D eigenvalue weighted by Gasteiger charge is 2.05. The van der Waals surface area contributed by atoms with Gasteiger partial charge in [0.25, 0.3) is 0 Å². The number of ether oxygens (including phenoxy) is 1. The van der Waals surface area contributed by atoms with E-state index in [1.807, 2.05) is 0 Å². The van der Waals surface area contributed by atoms with Gasteiger partial charge >= 0.3 is 0 Å². The molecule has 0 saturated carbocycles. The van der Waals surface area contributed by atoms with Gasteiger partial charge in [-0.2, -0.15) is 0 Å². The summed E-state index contributed by atoms with van der Waals surface area (Å²) in [5, 5.41) is 25.6. The van der Waals surface area contributed by atoms with Crippen LogP contribution in [0.5, 0.6) is 0 Å². The maximum atomic E-state index is 9.00. The lowest BCUT2D eigenvalue weighted by Crippen LogP contribution is -2.06. The molecule has 0 fully saturated rings. The SMILES string of the molecule is CCOC(=N)c1cc(CO)cc(CO)c1. The molecule has 0 aliphatic heterocycles. The molecule has 1 aromatic carbocycles. The Morgan fingerprint density at radius 3 is 2.13 bits per heavy atom. The third kappa shape index (κ3) is 3.04. The van der Waals surface area contributed by atoms with Crippen LogP contribution in [0.1, 0.15) is 23.6 Å². The third-order valence-corrected chi connectivity index (χ3v) is 1.97. The fourth-order valence-corrected chi connectivity index (χ4v) is 1.30. The number of nitrogens with one attached hydrogen (secondary N) is 1. The predicted octanol–water partition coefficient (Wildman–Crippen LogP) is 1.03. The van der Waals surface area contributed by atoms with Crippen molar-refractivity contribution in [3.8, 4) is 0 Å². The average Bonchev–Trinajstić information content (AvgIpc) is 2.28. The Balaban J connectivity index is 3.01. The molecule has 0 amide bonds. The first kappa shape index (κ1) is 11.7. The molecule has 1 rings (SSSR count). The number of rotatable bonds is 4. The van der Waals surface area contributed by atoms with Crippen LogP contribution in [-0.4, -0.2) is 22.7 Å². The van der Waals surface area contributed by atoms with Crippen LogP contribution in [0.25, 0.3) is 0 Å². The van der Waals surface area contributed by atoms with Crippen LogP contribution < -0.4 is 0 Å². The number of hydrogen-bond donors (Lipinski definition) is 3. The van der Waals surface area contributed by atoms with Crippen LogP contribution >= 0.6 is 0 Å².